The fourth-order valence-corrected chi connectivity index (χ4v) is 2.24. The molecule has 2 aliphatic rings. The molecule has 0 saturated heterocycles. The number of rotatable bonds is 1. The van der Waals surface area contributed by atoms with E-state index in [4.69, 9.17) is 5.11 Å². The molecule has 1 aromatic rings. The van der Waals surface area contributed by atoms with Crippen LogP contribution in [0.1, 0.15) is 18.2 Å². The van der Waals surface area contributed by atoms with Gasteiger partial charge in [-0.15, -0.1) is 0 Å². The maximum atomic E-state index is 11.0. The molecule has 0 saturated carbocycles. The minimum atomic E-state index is -0.888. The van der Waals surface area contributed by atoms with Crippen molar-refractivity contribution in [2.75, 3.05) is 0 Å². The van der Waals surface area contributed by atoms with Crippen molar-refractivity contribution < 1.29 is 40.9 Å². The average Bonchev–Trinajstić information content (AvgIpc) is 2.56. The average molecular weight is 260 g/mol. The van der Waals surface area contributed by atoms with Crippen molar-refractivity contribution in [1.82, 2.24) is 0 Å². The number of aromatic carboxylic acids is 1. The number of carbonyl (C=O) groups is 1. The van der Waals surface area contributed by atoms with E-state index in [-0.39, 0.29) is 31.0 Å². The van der Waals surface area contributed by atoms with Crippen molar-refractivity contribution in [2.24, 2.45) is 0 Å². The SMILES string of the molecule is O=C(O)c1ccc2c(c1)=CC=C1CC=CC=C1C=2.[H-].[Na+]. The minimum absolute atomic E-state index is 0. The number of allylic oxidation sites excluding steroid dienone is 6. The number of fused-ring (bicyclic) bond motifs is 2. The Morgan fingerprint density at radius 3 is 2.79 bits per heavy atom. The topological polar surface area (TPSA) is 37.3 Å². The van der Waals surface area contributed by atoms with Gasteiger partial charge < -0.3 is 6.53 Å². The van der Waals surface area contributed by atoms with Crippen LogP contribution in [0.25, 0.3) is 12.2 Å². The van der Waals surface area contributed by atoms with Gasteiger partial charge in [-0.1, -0.05) is 36.4 Å². The molecule has 90 valence electrons. The zero-order chi connectivity index (χ0) is 12.5. The van der Waals surface area contributed by atoms with Crippen LogP contribution in [-0.4, -0.2) is 11.1 Å². The van der Waals surface area contributed by atoms with Gasteiger partial charge in [0.2, 0.25) is 0 Å². The minimum Gasteiger partial charge on any atom is -1.00 e. The summed E-state index contributed by atoms with van der Waals surface area (Å²) >= 11 is 0. The predicted octanol–water partition coefficient (Wildman–Crippen LogP) is -1.11. The molecule has 0 aliphatic heterocycles. The first-order valence-electron chi connectivity index (χ1n) is 5.87. The summed E-state index contributed by atoms with van der Waals surface area (Å²) in [6, 6.07) is 5.23. The number of hydrogen-bond acceptors (Lipinski definition) is 1. The largest absolute Gasteiger partial charge is 1.00 e. The first-order chi connectivity index (χ1) is 8.74. The molecule has 1 aromatic carbocycles. The van der Waals surface area contributed by atoms with Crippen molar-refractivity contribution in [1.29, 1.82) is 0 Å². The summed E-state index contributed by atoms with van der Waals surface area (Å²) in [6.07, 6.45) is 13.4. The van der Waals surface area contributed by atoms with E-state index in [1.54, 1.807) is 12.1 Å². The molecule has 2 nitrogen and oxygen atoms in total. The normalized spacial score (nSPS) is 15.4. The molecule has 0 amide bonds. The van der Waals surface area contributed by atoms with Crippen molar-refractivity contribution >= 4 is 18.1 Å². The Bertz CT molecular complexity index is 742. The second-order valence-electron chi connectivity index (χ2n) is 4.41. The molecular weight excluding hydrogens is 247 g/mol. The number of hydrogen-bond donors (Lipinski definition) is 1. The van der Waals surface area contributed by atoms with Gasteiger partial charge in [0.15, 0.2) is 0 Å². The molecule has 1 N–H and O–H groups in total. The Morgan fingerprint density at radius 1 is 1.16 bits per heavy atom. The van der Waals surface area contributed by atoms with Gasteiger partial charge in [-0.2, -0.15) is 0 Å². The van der Waals surface area contributed by atoms with Gasteiger partial charge in [-0.3, -0.25) is 0 Å². The van der Waals surface area contributed by atoms with Gasteiger partial charge in [0.1, 0.15) is 0 Å². The molecule has 3 heteroatoms. The van der Waals surface area contributed by atoms with Gasteiger partial charge >= 0.3 is 35.5 Å². The summed E-state index contributed by atoms with van der Waals surface area (Å²) in [5.41, 5.74) is 2.80. The Labute approximate surface area is 134 Å². The molecule has 2 aliphatic carbocycles. The fourth-order valence-electron chi connectivity index (χ4n) is 2.24. The van der Waals surface area contributed by atoms with E-state index in [9.17, 15) is 4.79 Å². The number of benzene rings is 1. The maximum absolute atomic E-state index is 11.0. The summed E-state index contributed by atoms with van der Waals surface area (Å²) in [7, 11) is 0. The van der Waals surface area contributed by atoms with Gasteiger partial charge in [0.05, 0.1) is 5.56 Å². The van der Waals surface area contributed by atoms with Crippen LogP contribution >= 0.6 is 0 Å². The molecule has 19 heavy (non-hydrogen) atoms. The van der Waals surface area contributed by atoms with Crippen molar-refractivity contribution in [3.05, 3.63) is 69.7 Å². The van der Waals surface area contributed by atoms with E-state index in [0.29, 0.717) is 5.56 Å². The second-order valence-corrected chi connectivity index (χ2v) is 4.41. The fraction of sp³-hybridized carbons (Fsp3) is 0.0625. The van der Waals surface area contributed by atoms with Crippen molar-refractivity contribution in [3.8, 4) is 0 Å². The smallest absolute Gasteiger partial charge is 1.00 e. The zero-order valence-corrected chi connectivity index (χ0v) is 12.8. The van der Waals surface area contributed by atoms with E-state index in [1.165, 1.54) is 11.1 Å². The van der Waals surface area contributed by atoms with Gasteiger partial charge in [-0.05, 0) is 46.2 Å². The van der Waals surface area contributed by atoms with E-state index < -0.39 is 5.97 Å². The molecule has 0 unspecified atom stereocenters. The molecule has 0 fully saturated rings. The summed E-state index contributed by atoms with van der Waals surface area (Å²) in [5, 5.41) is 11.0. The van der Waals surface area contributed by atoms with Gasteiger partial charge in [-0.25, -0.2) is 4.79 Å². The monoisotopic (exact) mass is 260 g/mol. The van der Waals surface area contributed by atoms with Crippen LogP contribution in [0.5, 0.6) is 0 Å². The third kappa shape index (κ3) is 2.81. The molecule has 3 rings (SSSR count). The van der Waals surface area contributed by atoms with Crippen LogP contribution < -0.4 is 40.0 Å². The molecule has 0 aromatic heterocycles. The van der Waals surface area contributed by atoms with Crippen LogP contribution in [0.15, 0.2) is 53.6 Å². The van der Waals surface area contributed by atoms with Crippen molar-refractivity contribution in [2.45, 2.75) is 6.42 Å². The predicted molar refractivity (Wildman–Crippen MR) is 72.6 cm³/mol. The Kier molecular flexibility index (Phi) is 4.25. The molecule has 0 bridgehead atoms. The Morgan fingerprint density at radius 2 is 2.00 bits per heavy atom. The van der Waals surface area contributed by atoms with Gasteiger partial charge in [0.25, 0.3) is 0 Å². The molecular formula is C16H13NaO2. The summed E-state index contributed by atoms with van der Waals surface area (Å²) < 4.78 is 0. The first kappa shape index (κ1) is 14.1. The van der Waals surface area contributed by atoms with Crippen LogP contribution in [-0.2, 0) is 0 Å². The standard InChI is InChI=1S/C16H12O2.Na.H/c17-16(18)15-8-7-13-9-12-4-2-1-3-11(12)5-6-14(13)10-15;;/h1-2,4-10H,3H2,(H,17,18);;/q;+1;-1. The summed E-state index contributed by atoms with van der Waals surface area (Å²) in [6.45, 7) is 0. The van der Waals surface area contributed by atoms with E-state index in [0.717, 1.165) is 16.9 Å². The summed E-state index contributed by atoms with van der Waals surface area (Å²) in [5.74, 6) is -0.888. The summed E-state index contributed by atoms with van der Waals surface area (Å²) in [4.78, 5) is 11.0. The third-order valence-electron chi connectivity index (χ3n) is 3.23. The van der Waals surface area contributed by atoms with E-state index in [2.05, 4.69) is 30.4 Å². The van der Waals surface area contributed by atoms with Crippen LogP contribution in [0, 0.1) is 0 Å². The number of carboxylic acids is 1. The van der Waals surface area contributed by atoms with Crippen LogP contribution in [0.3, 0.4) is 0 Å². The Balaban J connectivity index is 0.000001000. The van der Waals surface area contributed by atoms with Crippen LogP contribution in [0.2, 0.25) is 0 Å². The second kappa shape index (κ2) is 5.74. The molecule has 0 atom stereocenters. The molecule has 0 radical (unpaired) electrons. The zero-order valence-electron chi connectivity index (χ0n) is 11.8. The first-order valence-corrected chi connectivity index (χ1v) is 5.87. The maximum Gasteiger partial charge on any atom is 1.00 e. The van der Waals surface area contributed by atoms with E-state index >= 15 is 0 Å². The van der Waals surface area contributed by atoms with Crippen LogP contribution in [0.4, 0.5) is 0 Å². The Hall–Kier alpha value is -1.35. The molecule has 0 heterocycles. The van der Waals surface area contributed by atoms with E-state index in [1.807, 2.05) is 12.1 Å². The van der Waals surface area contributed by atoms with Crippen molar-refractivity contribution in [3.63, 3.8) is 0 Å². The quantitative estimate of drug-likeness (QED) is 0.650. The number of carboxylic acid groups (broad SMARTS) is 1. The molecule has 0 spiro atoms. The van der Waals surface area contributed by atoms with Gasteiger partial charge in [0, 0.05) is 0 Å². The third-order valence-corrected chi connectivity index (χ3v) is 3.23.